The van der Waals surface area contributed by atoms with Crippen LogP contribution in [0.1, 0.15) is 17.4 Å². The molecule has 3 aromatic rings. The van der Waals surface area contributed by atoms with Crippen LogP contribution in [0.15, 0.2) is 54.9 Å². The normalized spacial score (nSPS) is 11.8. The van der Waals surface area contributed by atoms with Gasteiger partial charge in [0.05, 0.1) is 24.7 Å². The second kappa shape index (κ2) is 7.83. The number of ether oxygens (including phenoxy) is 3. The average Bonchev–Trinajstić information content (AvgIpc) is 3.18. The lowest BCUT2D eigenvalue weighted by Gasteiger charge is -2.11. The SMILES string of the molecule is CCOc1ccccc1Nc1cnc(C(=O)Nc2ccc3c(c2)OCO3)cn1. The number of benzene rings is 2. The van der Waals surface area contributed by atoms with Gasteiger partial charge in [-0.25, -0.2) is 9.97 Å². The standard InChI is InChI=1S/C20H18N4O4/c1-2-26-16-6-4-3-5-14(16)24-19-11-21-15(10-22-19)20(25)23-13-7-8-17-18(9-13)28-12-27-17/h3-11H,2,12H2,1H3,(H,22,24)(H,23,25). The number of amides is 1. The smallest absolute Gasteiger partial charge is 0.275 e. The van der Waals surface area contributed by atoms with Crippen molar-refractivity contribution in [1.82, 2.24) is 9.97 Å². The third kappa shape index (κ3) is 3.80. The molecule has 0 unspecified atom stereocenters. The van der Waals surface area contributed by atoms with Crippen molar-refractivity contribution in [1.29, 1.82) is 0 Å². The van der Waals surface area contributed by atoms with Crippen LogP contribution in [0.25, 0.3) is 0 Å². The second-order valence-corrected chi connectivity index (χ2v) is 5.86. The lowest BCUT2D eigenvalue weighted by atomic mass is 10.2. The lowest BCUT2D eigenvalue weighted by molar-refractivity contribution is 0.102. The first kappa shape index (κ1) is 17.6. The topological polar surface area (TPSA) is 94.6 Å². The Kier molecular flexibility index (Phi) is 4.92. The van der Waals surface area contributed by atoms with Crippen molar-refractivity contribution >= 4 is 23.1 Å². The van der Waals surface area contributed by atoms with E-state index in [1.54, 1.807) is 18.2 Å². The number of fused-ring (bicyclic) bond motifs is 1. The van der Waals surface area contributed by atoms with E-state index in [0.717, 1.165) is 11.4 Å². The quantitative estimate of drug-likeness (QED) is 0.677. The summed E-state index contributed by atoms with van der Waals surface area (Å²) in [6.07, 6.45) is 2.91. The van der Waals surface area contributed by atoms with Crippen molar-refractivity contribution < 1.29 is 19.0 Å². The summed E-state index contributed by atoms with van der Waals surface area (Å²) in [5.74, 6) is 2.10. The van der Waals surface area contributed by atoms with Gasteiger partial charge in [0.1, 0.15) is 17.3 Å². The number of carbonyl (C=O) groups excluding carboxylic acids is 1. The zero-order valence-electron chi connectivity index (χ0n) is 15.1. The molecule has 0 radical (unpaired) electrons. The van der Waals surface area contributed by atoms with E-state index in [0.29, 0.717) is 29.6 Å². The second-order valence-electron chi connectivity index (χ2n) is 5.86. The fraction of sp³-hybridized carbons (Fsp3) is 0.150. The monoisotopic (exact) mass is 378 g/mol. The Morgan fingerprint density at radius 1 is 1.11 bits per heavy atom. The zero-order valence-corrected chi connectivity index (χ0v) is 15.1. The van der Waals surface area contributed by atoms with E-state index in [2.05, 4.69) is 20.6 Å². The largest absolute Gasteiger partial charge is 0.492 e. The maximum atomic E-state index is 12.4. The van der Waals surface area contributed by atoms with Crippen molar-refractivity contribution in [2.45, 2.75) is 6.92 Å². The van der Waals surface area contributed by atoms with E-state index in [1.807, 2.05) is 31.2 Å². The highest BCUT2D eigenvalue weighted by Crippen LogP contribution is 2.34. The molecule has 4 rings (SSSR count). The Morgan fingerprint density at radius 2 is 1.96 bits per heavy atom. The summed E-state index contributed by atoms with van der Waals surface area (Å²) < 4.78 is 16.1. The lowest BCUT2D eigenvalue weighted by Crippen LogP contribution is -2.14. The Morgan fingerprint density at radius 3 is 2.79 bits per heavy atom. The van der Waals surface area contributed by atoms with Gasteiger partial charge in [-0.05, 0) is 31.2 Å². The predicted molar refractivity (Wildman–Crippen MR) is 103 cm³/mol. The summed E-state index contributed by atoms with van der Waals surface area (Å²) in [7, 11) is 0. The molecule has 0 saturated heterocycles. The highest BCUT2D eigenvalue weighted by atomic mass is 16.7. The van der Waals surface area contributed by atoms with E-state index < -0.39 is 0 Å². The van der Waals surface area contributed by atoms with Crippen molar-refractivity contribution in [3.8, 4) is 17.2 Å². The maximum Gasteiger partial charge on any atom is 0.275 e. The van der Waals surface area contributed by atoms with Crippen LogP contribution < -0.4 is 24.8 Å². The third-order valence-electron chi connectivity index (χ3n) is 3.96. The van der Waals surface area contributed by atoms with Crippen LogP contribution in [0.4, 0.5) is 17.2 Å². The average molecular weight is 378 g/mol. The molecule has 0 spiro atoms. The minimum atomic E-state index is -0.368. The zero-order chi connectivity index (χ0) is 19.3. The molecule has 0 fully saturated rings. The molecule has 2 aromatic carbocycles. The summed E-state index contributed by atoms with van der Waals surface area (Å²) in [4.78, 5) is 20.8. The molecule has 1 aromatic heterocycles. The first-order chi connectivity index (χ1) is 13.7. The van der Waals surface area contributed by atoms with Crippen LogP contribution in [-0.2, 0) is 0 Å². The van der Waals surface area contributed by atoms with Gasteiger partial charge in [-0.2, -0.15) is 0 Å². The van der Waals surface area contributed by atoms with Crippen molar-refractivity contribution in [2.24, 2.45) is 0 Å². The fourth-order valence-corrected chi connectivity index (χ4v) is 2.67. The first-order valence-corrected chi connectivity index (χ1v) is 8.75. The molecule has 8 heteroatoms. The molecule has 8 nitrogen and oxygen atoms in total. The van der Waals surface area contributed by atoms with E-state index >= 15 is 0 Å². The van der Waals surface area contributed by atoms with Crippen molar-refractivity contribution in [3.05, 3.63) is 60.6 Å². The van der Waals surface area contributed by atoms with Gasteiger partial charge in [-0.1, -0.05) is 12.1 Å². The minimum absolute atomic E-state index is 0.180. The van der Waals surface area contributed by atoms with Gasteiger partial charge >= 0.3 is 0 Å². The Hall–Kier alpha value is -3.81. The number of hydrogen-bond acceptors (Lipinski definition) is 7. The minimum Gasteiger partial charge on any atom is -0.492 e. The summed E-state index contributed by atoms with van der Waals surface area (Å²) in [6, 6.07) is 12.7. The molecule has 1 amide bonds. The van der Waals surface area contributed by atoms with Gasteiger partial charge in [0.15, 0.2) is 11.5 Å². The molecule has 0 saturated carbocycles. The van der Waals surface area contributed by atoms with E-state index in [1.165, 1.54) is 12.4 Å². The van der Waals surface area contributed by atoms with Gasteiger partial charge in [-0.3, -0.25) is 4.79 Å². The summed E-state index contributed by atoms with van der Waals surface area (Å²) in [5, 5.41) is 5.91. The highest BCUT2D eigenvalue weighted by molar-refractivity contribution is 6.02. The molecular weight excluding hydrogens is 360 g/mol. The Balaban J connectivity index is 1.43. The summed E-state index contributed by atoms with van der Waals surface area (Å²) in [5.41, 5.74) is 1.56. The molecule has 1 aliphatic heterocycles. The van der Waals surface area contributed by atoms with Gasteiger partial charge < -0.3 is 24.8 Å². The van der Waals surface area contributed by atoms with Crippen LogP contribution in [0, 0.1) is 0 Å². The molecule has 142 valence electrons. The molecule has 0 bridgehead atoms. The van der Waals surface area contributed by atoms with Gasteiger partial charge in [0.25, 0.3) is 5.91 Å². The molecule has 2 heterocycles. The Bertz CT molecular complexity index is 992. The number of rotatable bonds is 6. The van der Waals surface area contributed by atoms with Crippen LogP contribution in [0.5, 0.6) is 17.2 Å². The fourth-order valence-electron chi connectivity index (χ4n) is 2.67. The molecule has 0 atom stereocenters. The predicted octanol–water partition coefficient (Wildman–Crippen LogP) is 3.60. The number of anilines is 3. The number of nitrogens with zero attached hydrogens (tertiary/aromatic N) is 2. The number of aromatic nitrogens is 2. The van der Waals surface area contributed by atoms with E-state index in [4.69, 9.17) is 14.2 Å². The number of hydrogen-bond donors (Lipinski definition) is 2. The summed E-state index contributed by atoms with van der Waals surface area (Å²) in [6.45, 7) is 2.66. The molecule has 0 aliphatic carbocycles. The van der Waals surface area contributed by atoms with Crippen LogP contribution in [0.3, 0.4) is 0 Å². The van der Waals surface area contributed by atoms with Crippen LogP contribution in [-0.4, -0.2) is 29.3 Å². The van der Waals surface area contributed by atoms with E-state index in [-0.39, 0.29) is 18.4 Å². The molecular formula is C20H18N4O4. The summed E-state index contributed by atoms with van der Waals surface area (Å²) >= 11 is 0. The molecule has 28 heavy (non-hydrogen) atoms. The number of nitrogens with one attached hydrogen (secondary N) is 2. The molecule has 2 N–H and O–H groups in total. The maximum absolute atomic E-state index is 12.4. The Labute approximate surface area is 161 Å². The van der Waals surface area contributed by atoms with Crippen molar-refractivity contribution in [3.63, 3.8) is 0 Å². The molecule has 1 aliphatic rings. The van der Waals surface area contributed by atoms with Gasteiger partial charge in [0.2, 0.25) is 6.79 Å². The third-order valence-corrected chi connectivity index (χ3v) is 3.96. The van der Waals surface area contributed by atoms with Gasteiger partial charge in [-0.15, -0.1) is 0 Å². The van der Waals surface area contributed by atoms with Gasteiger partial charge in [0, 0.05) is 11.8 Å². The highest BCUT2D eigenvalue weighted by Gasteiger charge is 2.15. The van der Waals surface area contributed by atoms with Crippen molar-refractivity contribution in [2.75, 3.05) is 24.0 Å². The van der Waals surface area contributed by atoms with Crippen LogP contribution in [0.2, 0.25) is 0 Å². The van der Waals surface area contributed by atoms with Crippen LogP contribution >= 0.6 is 0 Å². The number of carbonyl (C=O) groups is 1. The van der Waals surface area contributed by atoms with E-state index in [9.17, 15) is 4.79 Å². The number of para-hydroxylation sites is 2. The first-order valence-electron chi connectivity index (χ1n) is 8.75.